The minimum absolute atomic E-state index is 0.247. The van der Waals surface area contributed by atoms with Crippen molar-refractivity contribution in [1.29, 1.82) is 0 Å². The first kappa shape index (κ1) is 15.7. The largest absolute Gasteiger partial charge is 0.377 e. The minimum Gasteiger partial charge on any atom is -0.377 e. The van der Waals surface area contributed by atoms with Gasteiger partial charge in [-0.05, 0) is 10.8 Å². The van der Waals surface area contributed by atoms with E-state index in [9.17, 15) is 0 Å². The molecule has 0 aromatic rings. The van der Waals surface area contributed by atoms with Crippen LogP contribution in [0.2, 0.25) is 0 Å². The molecule has 2 nitrogen and oxygen atoms in total. The molecular weight excluding hydrogens is 200 g/mol. The molecule has 0 aromatic heterocycles. The molecule has 96 valence electrons. The third-order valence-corrected chi connectivity index (χ3v) is 1.66. The van der Waals surface area contributed by atoms with Gasteiger partial charge in [0.15, 0.2) is 0 Å². The summed E-state index contributed by atoms with van der Waals surface area (Å²) in [6, 6.07) is 0. The molecule has 16 heavy (non-hydrogen) atoms. The molecule has 0 bridgehead atoms. The first-order valence-corrected chi connectivity index (χ1v) is 6.01. The smallest absolute Gasteiger partial charge is 0.0648 e. The average molecular weight is 228 g/mol. The summed E-state index contributed by atoms with van der Waals surface area (Å²) in [5, 5.41) is 0. The summed E-state index contributed by atoms with van der Waals surface area (Å²) >= 11 is 0. The number of hydrogen-bond acceptors (Lipinski definition) is 2. The van der Waals surface area contributed by atoms with Gasteiger partial charge in [0, 0.05) is 0 Å². The Morgan fingerprint density at radius 2 is 1.00 bits per heavy atom. The van der Waals surface area contributed by atoms with Crippen LogP contribution >= 0.6 is 0 Å². The summed E-state index contributed by atoms with van der Waals surface area (Å²) in [7, 11) is 0. The predicted molar refractivity (Wildman–Crippen MR) is 69.7 cm³/mol. The molecular formula is C14H28O2. The zero-order chi connectivity index (χ0) is 12.7. The number of rotatable bonds is 6. The van der Waals surface area contributed by atoms with E-state index in [0.717, 1.165) is 13.2 Å². The van der Waals surface area contributed by atoms with Crippen molar-refractivity contribution >= 4 is 0 Å². The first-order valence-electron chi connectivity index (χ1n) is 6.01. The quantitative estimate of drug-likeness (QED) is 0.510. The molecule has 0 radical (unpaired) electrons. The summed E-state index contributed by atoms with van der Waals surface area (Å²) in [6.07, 6.45) is 4.04. The van der Waals surface area contributed by atoms with Gasteiger partial charge >= 0.3 is 0 Å². The second-order valence-corrected chi connectivity index (χ2v) is 6.62. The molecule has 0 saturated heterocycles. The number of ether oxygens (including phenoxy) is 2. The third-order valence-electron chi connectivity index (χ3n) is 1.66. The van der Waals surface area contributed by atoms with Crippen LogP contribution in [0.25, 0.3) is 0 Å². The molecule has 2 heteroatoms. The van der Waals surface area contributed by atoms with Crippen LogP contribution in [0.1, 0.15) is 41.5 Å². The van der Waals surface area contributed by atoms with Crippen LogP contribution in [0.5, 0.6) is 0 Å². The van der Waals surface area contributed by atoms with E-state index in [1.807, 2.05) is 12.2 Å². The lowest BCUT2D eigenvalue weighted by atomic mass is 9.99. The first-order chi connectivity index (χ1) is 7.21. The fraction of sp³-hybridized carbons (Fsp3) is 0.857. The molecule has 0 saturated carbocycles. The van der Waals surface area contributed by atoms with Crippen molar-refractivity contribution in [2.45, 2.75) is 41.5 Å². The van der Waals surface area contributed by atoms with Gasteiger partial charge in [-0.2, -0.15) is 0 Å². The van der Waals surface area contributed by atoms with Gasteiger partial charge in [-0.1, -0.05) is 53.7 Å². The van der Waals surface area contributed by atoms with E-state index in [4.69, 9.17) is 9.47 Å². The SMILES string of the molecule is CC(C)(C)COC/C=C/COCC(C)(C)C. The lowest BCUT2D eigenvalue weighted by Gasteiger charge is -2.17. The molecule has 0 aliphatic heterocycles. The zero-order valence-electron chi connectivity index (χ0n) is 11.8. The van der Waals surface area contributed by atoms with Crippen molar-refractivity contribution in [2.24, 2.45) is 10.8 Å². The Hall–Kier alpha value is -0.340. The molecule has 0 rings (SSSR count). The van der Waals surface area contributed by atoms with Crippen molar-refractivity contribution in [3.05, 3.63) is 12.2 Å². The van der Waals surface area contributed by atoms with Gasteiger partial charge in [0.25, 0.3) is 0 Å². The van der Waals surface area contributed by atoms with E-state index in [2.05, 4.69) is 41.5 Å². The topological polar surface area (TPSA) is 18.5 Å². The van der Waals surface area contributed by atoms with Gasteiger partial charge in [-0.25, -0.2) is 0 Å². The van der Waals surface area contributed by atoms with Crippen molar-refractivity contribution in [3.63, 3.8) is 0 Å². The fourth-order valence-electron chi connectivity index (χ4n) is 1.00. The van der Waals surface area contributed by atoms with Crippen LogP contribution in [0.3, 0.4) is 0 Å². The molecule has 0 aromatic carbocycles. The third kappa shape index (κ3) is 13.7. The molecule has 0 unspecified atom stereocenters. The van der Waals surface area contributed by atoms with Gasteiger partial charge in [0.1, 0.15) is 0 Å². The summed E-state index contributed by atoms with van der Waals surface area (Å²) in [4.78, 5) is 0. The molecule has 0 fully saturated rings. The molecule has 0 aliphatic carbocycles. The van der Waals surface area contributed by atoms with Crippen LogP contribution in [-0.4, -0.2) is 26.4 Å². The Bertz CT molecular complexity index is 172. The van der Waals surface area contributed by atoms with E-state index >= 15 is 0 Å². The van der Waals surface area contributed by atoms with Crippen LogP contribution in [0.15, 0.2) is 12.2 Å². The van der Waals surface area contributed by atoms with E-state index < -0.39 is 0 Å². The van der Waals surface area contributed by atoms with E-state index in [1.54, 1.807) is 0 Å². The fourth-order valence-corrected chi connectivity index (χ4v) is 1.00. The van der Waals surface area contributed by atoms with Crippen molar-refractivity contribution < 1.29 is 9.47 Å². The zero-order valence-corrected chi connectivity index (χ0v) is 11.8. The number of hydrogen-bond donors (Lipinski definition) is 0. The van der Waals surface area contributed by atoms with E-state index in [-0.39, 0.29) is 10.8 Å². The molecule has 0 atom stereocenters. The van der Waals surface area contributed by atoms with E-state index in [1.165, 1.54) is 0 Å². The Balaban J connectivity index is 3.36. The molecule has 0 N–H and O–H groups in total. The highest BCUT2D eigenvalue weighted by atomic mass is 16.5. The van der Waals surface area contributed by atoms with Gasteiger partial charge in [0.2, 0.25) is 0 Å². The van der Waals surface area contributed by atoms with Crippen molar-refractivity contribution in [3.8, 4) is 0 Å². The summed E-state index contributed by atoms with van der Waals surface area (Å²) in [5.41, 5.74) is 0.493. The van der Waals surface area contributed by atoms with Gasteiger partial charge in [0.05, 0.1) is 26.4 Å². The van der Waals surface area contributed by atoms with Crippen LogP contribution in [0, 0.1) is 10.8 Å². The van der Waals surface area contributed by atoms with Crippen LogP contribution in [0.4, 0.5) is 0 Å². The van der Waals surface area contributed by atoms with E-state index in [0.29, 0.717) is 13.2 Å². The minimum atomic E-state index is 0.247. The van der Waals surface area contributed by atoms with Gasteiger partial charge < -0.3 is 9.47 Å². The normalized spacial score (nSPS) is 13.6. The standard InChI is InChI=1S/C14H28O2/c1-13(2,3)11-15-9-7-8-10-16-12-14(4,5)6/h7-8H,9-12H2,1-6H3/b8-7+. The monoisotopic (exact) mass is 228 g/mol. The maximum absolute atomic E-state index is 5.50. The highest BCUT2D eigenvalue weighted by Crippen LogP contribution is 2.13. The highest BCUT2D eigenvalue weighted by Gasteiger charge is 2.09. The molecule has 0 aliphatic rings. The molecule has 0 spiro atoms. The van der Waals surface area contributed by atoms with Gasteiger partial charge in [-0.3, -0.25) is 0 Å². The average Bonchev–Trinajstić information content (AvgIpc) is 2.06. The summed E-state index contributed by atoms with van der Waals surface area (Å²) < 4.78 is 11.0. The Kier molecular flexibility index (Phi) is 6.93. The predicted octanol–water partition coefficient (Wildman–Crippen LogP) is 3.67. The molecule has 0 amide bonds. The highest BCUT2D eigenvalue weighted by molar-refractivity contribution is 4.81. The summed E-state index contributed by atoms with van der Waals surface area (Å²) in [5.74, 6) is 0. The van der Waals surface area contributed by atoms with Gasteiger partial charge in [-0.15, -0.1) is 0 Å². The Labute approximate surface area is 101 Å². The lowest BCUT2D eigenvalue weighted by molar-refractivity contribution is 0.0851. The summed E-state index contributed by atoms with van der Waals surface area (Å²) in [6.45, 7) is 16.0. The second-order valence-electron chi connectivity index (χ2n) is 6.62. The Morgan fingerprint density at radius 3 is 1.25 bits per heavy atom. The van der Waals surface area contributed by atoms with Crippen LogP contribution < -0.4 is 0 Å². The lowest BCUT2D eigenvalue weighted by Crippen LogP contribution is -2.15. The Morgan fingerprint density at radius 1 is 0.688 bits per heavy atom. The second kappa shape index (κ2) is 7.08. The maximum atomic E-state index is 5.50. The van der Waals surface area contributed by atoms with Crippen molar-refractivity contribution in [2.75, 3.05) is 26.4 Å². The van der Waals surface area contributed by atoms with Crippen molar-refractivity contribution in [1.82, 2.24) is 0 Å². The maximum Gasteiger partial charge on any atom is 0.0648 e. The van der Waals surface area contributed by atoms with Crippen LogP contribution in [-0.2, 0) is 9.47 Å². The molecule has 0 heterocycles.